The summed E-state index contributed by atoms with van der Waals surface area (Å²) in [5.41, 5.74) is 4.79. The van der Waals surface area contributed by atoms with Gasteiger partial charge in [0.25, 0.3) is 0 Å². The molecule has 82 valence electrons. The molecule has 3 rings (SSSR count). The molecule has 0 atom stereocenters. The lowest BCUT2D eigenvalue weighted by Crippen LogP contribution is -2.23. The Morgan fingerprint density at radius 3 is 3.00 bits per heavy atom. The van der Waals surface area contributed by atoms with Crippen LogP contribution in [-0.4, -0.2) is 16.7 Å². The zero-order chi connectivity index (χ0) is 11.0. The normalized spacial score (nSPS) is 14.8. The van der Waals surface area contributed by atoms with Gasteiger partial charge < -0.3 is 5.32 Å². The third-order valence-electron chi connectivity index (χ3n) is 2.94. The number of nitrogens with one attached hydrogen (secondary N) is 2. The second-order valence-electron chi connectivity index (χ2n) is 3.94. The standard InChI is InChI=1S/C12H12BrN3/c13-10-4-2-1-3-8(10)12-9-7-14-6-5-11(9)15-16-12/h1-4,14H,5-7H2,(H,15,16). The number of hydrogen-bond donors (Lipinski definition) is 2. The fraction of sp³-hybridized carbons (Fsp3) is 0.250. The first kappa shape index (κ1) is 10.1. The molecule has 0 fully saturated rings. The molecule has 1 aromatic heterocycles. The van der Waals surface area contributed by atoms with Gasteiger partial charge in [0, 0.05) is 40.8 Å². The summed E-state index contributed by atoms with van der Waals surface area (Å²) in [7, 11) is 0. The third kappa shape index (κ3) is 1.58. The molecular weight excluding hydrogens is 266 g/mol. The number of nitrogens with zero attached hydrogens (tertiary/aromatic N) is 1. The van der Waals surface area contributed by atoms with Crippen molar-refractivity contribution in [2.75, 3.05) is 6.54 Å². The highest BCUT2D eigenvalue weighted by Crippen LogP contribution is 2.31. The summed E-state index contributed by atoms with van der Waals surface area (Å²) >= 11 is 3.57. The van der Waals surface area contributed by atoms with Gasteiger partial charge in [-0.2, -0.15) is 5.10 Å². The van der Waals surface area contributed by atoms with Crippen LogP contribution < -0.4 is 5.32 Å². The van der Waals surface area contributed by atoms with Crippen LogP contribution in [0.25, 0.3) is 11.3 Å². The maximum atomic E-state index is 4.43. The SMILES string of the molecule is Brc1ccccc1-c1n[nH]c2c1CNCC2. The van der Waals surface area contributed by atoms with E-state index in [0.29, 0.717) is 0 Å². The van der Waals surface area contributed by atoms with Crippen molar-refractivity contribution in [3.8, 4) is 11.3 Å². The summed E-state index contributed by atoms with van der Waals surface area (Å²) in [5, 5.41) is 11.0. The number of hydrogen-bond acceptors (Lipinski definition) is 2. The van der Waals surface area contributed by atoms with E-state index in [1.165, 1.54) is 11.3 Å². The Balaban J connectivity index is 2.13. The van der Waals surface area contributed by atoms with Gasteiger partial charge in [0.05, 0.1) is 5.69 Å². The Hall–Kier alpha value is -1.13. The molecule has 0 amide bonds. The van der Waals surface area contributed by atoms with E-state index in [2.05, 4.69) is 37.5 Å². The first-order valence-corrected chi connectivity index (χ1v) is 6.17. The highest BCUT2D eigenvalue weighted by molar-refractivity contribution is 9.10. The van der Waals surface area contributed by atoms with Gasteiger partial charge in [-0.1, -0.05) is 34.1 Å². The minimum atomic E-state index is 0.905. The summed E-state index contributed by atoms with van der Waals surface area (Å²) in [5.74, 6) is 0. The quantitative estimate of drug-likeness (QED) is 0.841. The highest BCUT2D eigenvalue weighted by atomic mass is 79.9. The first-order chi connectivity index (χ1) is 7.86. The van der Waals surface area contributed by atoms with Crippen LogP contribution in [0.4, 0.5) is 0 Å². The van der Waals surface area contributed by atoms with Crippen LogP contribution in [0.5, 0.6) is 0 Å². The highest BCUT2D eigenvalue weighted by Gasteiger charge is 2.18. The topological polar surface area (TPSA) is 40.7 Å². The van der Waals surface area contributed by atoms with Crippen LogP contribution in [-0.2, 0) is 13.0 Å². The molecule has 0 bridgehead atoms. The number of aromatic nitrogens is 2. The first-order valence-electron chi connectivity index (χ1n) is 5.38. The van der Waals surface area contributed by atoms with Crippen LogP contribution in [0.2, 0.25) is 0 Å². The number of benzene rings is 1. The van der Waals surface area contributed by atoms with Gasteiger partial charge in [0.2, 0.25) is 0 Å². The van der Waals surface area contributed by atoms with Gasteiger partial charge in [-0.25, -0.2) is 0 Å². The van der Waals surface area contributed by atoms with Crippen molar-refractivity contribution in [2.24, 2.45) is 0 Å². The Labute approximate surface area is 102 Å². The lowest BCUT2D eigenvalue weighted by atomic mass is 10.0. The van der Waals surface area contributed by atoms with E-state index in [0.717, 1.165) is 35.2 Å². The van der Waals surface area contributed by atoms with Gasteiger partial charge >= 0.3 is 0 Å². The minimum Gasteiger partial charge on any atom is -0.312 e. The Bertz CT molecular complexity index is 519. The van der Waals surface area contributed by atoms with Crippen LogP contribution in [0.1, 0.15) is 11.3 Å². The fourth-order valence-electron chi connectivity index (χ4n) is 2.10. The van der Waals surface area contributed by atoms with E-state index in [-0.39, 0.29) is 0 Å². The zero-order valence-corrected chi connectivity index (χ0v) is 10.3. The minimum absolute atomic E-state index is 0.905. The summed E-state index contributed by atoms with van der Waals surface area (Å²) < 4.78 is 1.09. The summed E-state index contributed by atoms with van der Waals surface area (Å²) in [6, 6.07) is 8.20. The van der Waals surface area contributed by atoms with Crippen molar-refractivity contribution in [1.29, 1.82) is 0 Å². The molecular formula is C12H12BrN3. The van der Waals surface area contributed by atoms with E-state index in [1.807, 2.05) is 18.2 Å². The molecule has 0 spiro atoms. The van der Waals surface area contributed by atoms with Crippen molar-refractivity contribution in [3.05, 3.63) is 40.0 Å². The molecule has 4 heteroatoms. The number of rotatable bonds is 1. The maximum absolute atomic E-state index is 4.43. The predicted octanol–water partition coefficient (Wildman–Crippen LogP) is 2.48. The van der Waals surface area contributed by atoms with Crippen LogP contribution >= 0.6 is 15.9 Å². The van der Waals surface area contributed by atoms with Crippen molar-refractivity contribution in [1.82, 2.24) is 15.5 Å². The number of aromatic amines is 1. The molecule has 16 heavy (non-hydrogen) atoms. The zero-order valence-electron chi connectivity index (χ0n) is 8.76. The monoisotopic (exact) mass is 277 g/mol. The van der Waals surface area contributed by atoms with Crippen molar-refractivity contribution in [3.63, 3.8) is 0 Å². The Morgan fingerprint density at radius 1 is 1.25 bits per heavy atom. The molecule has 1 aromatic carbocycles. The van der Waals surface area contributed by atoms with Gasteiger partial charge in [0.1, 0.15) is 0 Å². The molecule has 1 aliphatic rings. The van der Waals surface area contributed by atoms with Crippen LogP contribution in [0, 0.1) is 0 Å². The maximum Gasteiger partial charge on any atom is 0.0979 e. The molecule has 0 saturated carbocycles. The number of halogens is 1. The average molecular weight is 278 g/mol. The van der Waals surface area contributed by atoms with E-state index < -0.39 is 0 Å². The van der Waals surface area contributed by atoms with E-state index in [4.69, 9.17) is 0 Å². The molecule has 2 heterocycles. The molecule has 3 nitrogen and oxygen atoms in total. The van der Waals surface area contributed by atoms with Crippen LogP contribution in [0.15, 0.2) is 28.7 Å². The van der Waals surface area contributed by atoms with E-state index in [9.17, 15) is 0 Å². The average Bonchev–Trinajstić information content (AvgIpc) is 2.74. The Morgan fingerprint density at radius 2 is 2.12 bits per heavy atom. The molecule has 0 radical (unpaired) electrons. The van der Waals surface area contributed by atoms with Gasteiger partial charge in [-0.15, -0.1) is 0 Å². The van der Waals surface area contributed by atoms with E-state index >= 15 is 0 Å². The van der Waals surface area contributed by atoms with Crippen molar-refractivity contribution < 1.29 is 0 Å². The lowest BCUT2D eigenvalue weighted by molar-refractivity contribution is 0.637. The van der Waals surface area contributed by atoms with Gasteiger partial charge in [0.15, 0.2) is 0 Å². The molecule has 1 aliphatic heterocycles. The molecule has 0 saturated heterocycles. The number of H-pyrrole nitrogens is 1. The number of fused-ring (bicyclic) bond motifs is 1. The molecule has 2 aromatic rings. The Kier molecular flexibility index (Phi) is 2.53. The van der Waals surface area contributed by atoms with Gasteiger partial charge in [-0.05, 0) is 6.07 Å². The second-order valence-corrected chi connectivity index (χ2v) is 4.79. The molecule has 0 unspecified atom stereocenters. The molecule has 2 N–H and O–H groups in total. The van der Waals surface area contributed by atoms with Crippen LogP contribution in [0.3, 0.4) is 0 Å². The largest absolute Gasteiger partial charge is 0.312 e. The summed E-state index contributed by atoms with van der Waals surface area (Å²) in [6.45, 7) is 1.94. The summed E-state index contributed by atoms with van der Waals surface area (Å²) in [6.07, 6.45) is 1.03. The summed E-state index contributed by atoms with van der Waals surface area (Å²) in [4.78, 5) is 0. The van der Waals surface area contributed by atoms with Crippen molar-refractivity contribution >= 4 is 15.9 Å². The third-order valence-corrected chi connectivity index (χ3v) is 3.63. The second kappa shape index (κ2) is 4.03. The van der Waals surface area contributed by atoms with E-state index in [1.54, 1.807) is 0 Å². The predicted molar refractivity (Wildman–Crippen MR) is 67.1 cm³/mol. The molecule has 0 aliphatic carbocycles. The van der Waals surface area contributed by atoms with Crippen molar-refractivity contribution in [2.45, 2.75) is 13.0 Å². The lowest BCUT2D eigenvalue weighted by Gasteiger charge is -2.13. The van der Waals surface area contributed by atoms with Gasteiger partial charge in [-0.3, -0.25) is 5.10 Å². The smallest absolute Gasteiger partial charge is 0.0979 e. The fourth-order valence-corrected chi connectivity index (χ4v) is 2.57.